The van der Waals surface area contributed by atoms with Crippen LogP contribution in [-0.4, -0.2) is 25.0 Å². The molecule has 0 saturated heterocycles. The number of aryl methyl sites for hydroxylation is 2. The zero-order valence-corrected chi connectivity index (χ0v) is 17.9. The molecule has 0 atom stereocenters. The molecule has 0 heterocycles. The van der Waals surface area contributed by atoms with Gasteiger partial charge in [-0.25, -0.2) is 0 Å². The third-order valence-electron chi connectivity index (χ3n) is 3.83. The lowest BCUT2D eigenvalue weighted by atomic mass is 10.1. The van der Waals surface area contributed by atoms with Gasteiger partial charge in [-0.1, -0.05) is 19.4 Å². The Labute approximate surface area is 173 Å². The summed E-state index contributed by atoms with van der Waals surface area (Å²) in [5.74, 6) is 0.407. The van der Waals surface area contributed by atoms with E-state index in [0.717, 1.165) is 24.0 Å². The van der Waals surface area contributed by atoms with Crippen LogP contribution in [0, 0.1) is 13.8 Å². The Balaban J connectivity index is 1.82. The lowest BCUT2D eigenvalue weighted by Gasteiger charge is -2.11. The molecule has 0 fully saturated rings. The van der Waals surface area contributed by atoms with Gasteiger partial charge in [-0.3, -0.25) is 20.4 Å². The van der Waals surface area contributed by atoms with Crippen molar-refractivity contribution >= 4 is 27.7 Å². The molecule has 0 radical (unpaired) electrons. The maximum absolute atomic E-state index is 12.2. The van der Waals surface area contributed by atoms with E-state index in [2.05, 4.69) is 33.7 Å². The molecule has 0 aromatic heterocycles. The van der Waals surface area contributed by atoms with Gasteiger partial charge in [0.2, 0.25) is 0 Å². The first-order valence-electron chi connectivity index (χ1n) is 9.11. The van der Waals surface area contributed by atoms with Crippen LogP contribution < -0.4 is 20.3 Å². The molecule has 2 rings (SSSR count). The first kappa shape index (κ1) is 21.8. The molecule has 2 amide bonds. The summed E-state index contributed by atoms with van der Waals surface area (Å²) in [6.07, 6.45) is 2.01. The maximum atomic E-state index is 12.2. The Bertz CT molecular complexity index is 819. The van der Waals surface area contributed by atoms with Crippen LogP contribution in [0.25, 0.3) is 0 Å². The number of benzene rings is 2. The first-order chi connectivity index (χ1) is 13.4. The molecule has 6 nitrogen and oxygen atoms in total. The van der Waals surface area contributed by atoms with Gasteiger partial charge in [-0.15, -0.1) is 0 Å². The highest BCUT2D eigenvalue weighted by molar-refractivity contribution is 9.10. The van der Waals surface area contributed by atoms with E-state index in [0.29, 0.717) is 28.1 Å². The quantitative estimate of drug-likeness (QED) is 0.470. The summed E-state index contributed by atoms with van der Waals surface area (Å²) in [7, 11) is 0. The largest absolute Gasteiger partial charge is 0.492 e. The average molecular weight is 449 g/mol. The normalized spacial score (nSPS) is 10.3. The van der Waals surface area contributed by atoms with Crippen molar-refractivity contribution in [3.8, 4) is 11.5 Å². The fourth-order valence-electron chi connectivity index (χ4n) is 2.49. The van der Waals surface area contributed by atoms with Gasteiger partial charge < -0.3 is 9.47 Å². The van der Waals surface area contributed by atoms with Crippen molar-refractivity contribution in [1.29, 1.82) is 0 Å². The summed E-state index contributed by atoms with van der Waals surface area (Å²) >= 11 is 3.40. The number of rotatable bonds is 8. The van der Waals surface area contributed by atoms with Crippen molar-refractivity contribution < 1.29 is 19.1 Å². The monoisotopic (exact) mass is 448 g/mol. The minimum Gasteiger partial charge on any atom is -0.492 e. The minimum absolute atomic E-state index is 0.197. The lowest BCUT2D eigenvalue weighted by molar-refractivity contribution is -0.123. The van der Waals surface area contributed by atoms with Crippen molar-refractivity contribution in [1.82, 2.24) is 10.9 Å². The number of ether oxygens (including phenoxy) is 2. The summed E-state index contributed by atoms with van der Waals surface area (Å²) in [6, 6.07) is 10.7. The molecule has 0 aliphatic heterocycles. The van der Waals surface area contributed by atoms with Crippen LogP contribution in [0.1, 0.15) is 41.3 Å². The minimum atomic E-state index is -0.453. The van der Waals surface area contributed by atoms with Gasteiger partial charge in [0.05, 0.1) is 11.1 Å². The van der Waals surface area contributed by atoms with E-state index in [1.165, 1.54) is 0 Å². The van der Waals surface area contributed by atoms with E-state index in [1.807, 2.05) is 32.0 Å². The van der Waals surface area contributed by atoms with Gasteiger partial charge in [0.15, 0.2) is 6.61 Å². The molecule has 2 aromatic rings. The van der Waals surface area contributed by atoms with E-state index < -0.39 is 11.8 Å². The molecular formula is C21H25BrN2O4. The maximum Gasteiger partial charge on any atom is 0.276 e. The van der Waals surface area contributed by atoms with Crippen molar-refractivity contribution in [3.63, 3.8) is 0 Å². The smallest absolute Gasteiger partial charge is 0.276 e. The van der Waals surface area contributed by atoms with Crippen LogP contribution >= 0.6 is 15.9 Å². The van der Waals surface area contributed by atoms with E-state index >= 15 is 0 Å². The number of amides is 2. The predicted molar refractivity (Wildman–Crippen MR) is 112 cm³/mol. The molecule has 0 unspecified atom stereocenters. The predicted octanol–water partition coefficient (Wildman–Crippen LogP) is 4.08. The van der Waals surface area contributed by atoms with Crippen molar-refractivity contribution in [2.24, 2.45) is 0 Å². The van der Waals surface area contributed by atoms with E-state index in [4.69, 9.17) is 9.47 Å². The second-order valence-electron chi connectivity index (χ2n) is 6.46. The summed E-state index contributed by atoms with van der Waals surface area (Å²) < 4.78 is 11.8. The fraction of sp³-hybridized carbons (Fsp3) is 0.333. The van der Waals surface area contributed by atoms with Crippen LogP contribution in [-0.2, 0) is 4.79 Å². The number of hydrazine groups is 1. The Hall–Kier alpha value is -2.54. The van der Waals surface area contributed by atoms with Gasteiger partial charge in [0, 0.05) is 5.56 Å². The second kappa shape index (κ2) is 10.7. The second-order valence-corrected chi connectivity index (χ2v) is 7.32. The summed E-state index contributed by atoms with van der Waals surface area (Å²) in [5, 5.41) is 0. The molecule has 7 heteroatoms. The van der Waals surface area contributed by atoms with Crippen LogP contribution in [0.4, 0.5) is 0 Å². The van der Waals surface area contributed by atoms with Crippen LogP contribution in [0.15, 0.2) is 40.9 Å². The molecule has 0 bridgehead atoms. The van der Waals surface area contributed by atoms with Crippen LogP contribution in [0.3, 0.4) is 0 Å². The average Bonchev–Trinajstić information content (AvgIpc) is 2.65. The van der Waals surface area contributed by atoms with E-state index in [1.54, 1.807) is 18.2 Å². The number of hydrogen-bond donors (Lipinski definition) is 2. The van der Waals surface area contributed by atoms with Gasteiger partial charge in [0.25, 0.3) is 11.8 Å². The topological polar surface area (TPSA) is 76.7 Å². The zero-order valence-electron chi connectivity index (χ0n) is 16.3. The van der Waals surface area contributed by atoms with E-state index in [-0.39, 0.29) is 6.61 Å². The number of halogens is 1. The SMILES string of the molecule is CCCCOc1ccc(C(=O)NNC(=O)COc2cc(C)cc(C)c2)cc1Br. The summed E-state index contributed by atoms with van der Waals surface area (Å²) in [4.78, 5) is 24.1. The Morgan fingerprint density at radius 3 is 2.36 bits per heavy atom. The molecule has 28 heavy (non-hydrogen) atoms. The van der Waals surface area contributed by atoms with Gasteiger partial charge >= 0.3 is 0 Å². The molecular weight excluding hydrogens is 424 g/mol. The molecule has 150 valence electrons. The molecule has 0 aliphatic carbocycles. The standard InChI is InChI=1S/C21H25BrN2O4/c1-4-5-8-27-19-7-6-16(12-18(19)22)21(26)24-23-20(25)13-28-17-10-14(2)9-15(3)11-17/h6-7,9-12H,4-5,8,13H2,1-3H3,(H,23,25)(H,24,26). The Morgan fingerprint density at radius 2 is 1.71 bits per heavy atom. The number of carbonyl (C=O) groups is 2. The fourth-order valence-corrected chi connectivity index (χ4v) is 2.98. The third-order valence-corrected chi connectivity index (χ3v) is 4.45. The van der Waals surface area contributed by atoms with Crippen molar-refractivity contribution in [3.05, 3.63) is 57.6 Å². The molecule has 2 N–H and O–H groups in total. The number of hydrogen-bond acceptors (Lipinski definition) is 4. The van der Waals surface area contributed by atoms with Crippen molar-refractivity contribution in [2.75, 3.05) is 13.2 Å². The van der Waals surface area contributed by atoms with E-state index in [9.17, 15) is 9.59 Å². The highest BCUT2D eigenvalue weighted by Gasteiger charge is 2.11. The van der Waals surface area contributed by atoms with Crippen LogP contribution in [0.2, 0.25) is 0 Å². The summed E-state index contributed by atoms with van der Waals surface area (Å²) in [5.41, 5.74) is 7.22. The lowest BCUT2D eigenvalue weighted by Crippen LogP contribution is -2.43. The molecule has 0 spiro atoms. The number of nitrogens with one attached hydrogen (secondary N) is 2. The molecule has 0 aliphatic rings. The van der Waals surface area contributed by atoms with Crippen LogP contribution in [0.5, 0.6) is 11.5 Å². The van der Waals surface area contributed by atoms with Gasteiger partial charge in [-0.05, 0) is 77.7 Å². The van der Waals surface area contributed by atoms with Crippen molar-refractivity contribution in [2.45, 2.75) is 33.6 Å². The number of unbranched alkanes of at least 4 members (excludes halogenated alkanes) is 1. The highest BCUT2D eigenvalue weighted by Crippen LogP contribution is 2.26. The number of carbonyl (C=O) groups excluding carboxylic acids is 2. The van der Waals surface area contributed by atoms with Gasteiger partial charge in [0.1, 0.15) is 11.5 Å². The Kier molecular flexibility index (Phi) is 8.32. The molecule has 2 aromatic carbocycles. The first-order valence-corrected chi connectivity index (χ1v) is 9.91. The third kappa shape index (κ3) is 6.88. The highest BCUT2D eigenvalue weighted by atomic mass is 79.9. The summed E-state index contributed by atoms with van der Waals surface area (Å²) in [6.45, 7) is 6.43. The molecule has 0 saturated carbocycles. The zero-order chi connectivity index (χ0) is 20.5. The van der Waals surface area contributed by atoms with Gasteiger partial charge in [-0.2, -0.15) is 0 Å². The Morgan fingerprint density at radius 1 is 1.00 bits per heavy atom.